The van der Waals surface area contributed by atoms with Gasteiger partial charge in [0, 0.05) is 24.0 Å². The SMILES string of the molecule is O=C(C[C@H]1NCCC[C@@H]1O)Cn1ccc2ccccc2c1=O. The van der Waals surface area contributed by atoms with Crippen molar-refractivity contribution in [1.82, 2.24) is 9.88 Å². The molecule has 1 saturated heterocycles. The molecule has 0 spiro atoms. The first-order valence-corrected chi connectivity index (χ1v) is 7.66. The number of aliphatic hydroxyl groups is 1. The number of ketones is 1. The number of piperidine rings is 1. The van der Waals surface area contributed by atoms with Crippen LogP contribution in [0.3, 0.4) is 0 Å². The van der Waals surface area contributed by atoms with Crippen LogP contribution in [0.25, 0.3) is 10.8 Å². The summed E-state index contributed by atoms with van der Waals surface area (Å²) in [5.74, 6) is -0.0455. The quantitative estimate of drug-likeness (QED) is 0.886. The Balaban J connectivity index is 1.74. The number of hydrogen-bond acceptors (Lipinski definition) is 4. The summed E-state index contributed by atoms with van der Waals surface area (Å²) in [4.78, 5) is 24.6. The summed E-state index contributed by atoms with van der Waals surface area (Å²) in [7, 11) is 0. The normalized spacial score (nSPS) is 21.9. The number of nitrogens with one attached hydrogen (secondary N) is 1. The van der Waals surface area contributed by atoms with Crippen molar-refractivity contribution in [1.29, 1.82) is 0 Å². The predicted octanol–water partition coefficient (Wildman–Crippen LogP) is 1.07. The van der Waals surface area contributed by atoms with Gasteiger partial charge in [-0.3, -0.25) is 9.59 Å². The van der Waals surface area contributed by atoms with E-state index in [0.717, 1.165) is 24.8 Å². The zero-order valence-electron chi connectivity index (χ0n) is 12.4. The van der Waals surface area contributed by atoms with Gasteiger partial charge < -0.3 is 15.0 Å². The minimum Gasteiger partial charge on any atom is -0.391 e. The fourth-order valence-electron chi connectivity index (χ4n) is 3.00. The summed E-state index contributed by atoms with van der Waals surface area (Å²) in [5, 5.41) is 14.6. The predicted molar refractivity (Wildman–Crippen MR) is 84.9 cm³/mol. The van der Waals surface area contributed by atoms with E-state index in [2.05, 4.69) is 5.32 Å². The number of rotatable bonds is 4. The van der Waals surface area contributed by atoms with Gasteiger partial charge in [-0.1, -0.05) is 18.2 Å². The van der Waals surface area contributed by atoms with E-state index in [9.17, 15) is 14.7 Å². The van der Waals surface area contributed by atoms with Gasteiger partial charge in [0.2, 0.25) is 0 Å². The Labute approximate surface area is 128 Å². The Hall–Kier alpha value is -1.98. The molecule has 2 N–H and O–H groups in total. The first-order chi connectivity index (χ1) is 10.6. The summed E-state index contributed by atoms with van der Waals surface area (Å²) in [6.45, 7) is 0.875. The molecule has 1 aliphatic rings. The Morgan fingerprint density at radius 3 is 2.95 bits per heavy atom. The molecule has 116 valence electrons. The van der Waals surface area contributed by atoms with Crippen LogP contribution in [0.5, 0.6) is 0 Å². The van der Waals surface area contributed by atoms with Gasteiger partial charge in [-0.05, 0) is 36.9 Å². The van der Waals surface area contributed by atoms with Crippen molar-refractivity contribution in [3.8, 4) is 0 Å². The standard InChI is InChI=1S/C17H20N2O3/c20-13(10-15-16(21)6-3-8-18-15)11-19-9-7-12-4-1-2-5-14(12)17(19)22/h1-2,4-5,7,9,15-16,18,21H,3,6,8,10-11H2/t15-,16+/m1/s1. The second kappa shape index (κ2) is 6.42. The smallest absolute Gasteiger partial charge is 0.258 e. The zero-order chi connectivity index (χ0) is 15.5. The van der Waals surface area contributed by atoms with Gasteiger partial charge in [-0.2, -0.15) is 0 Å². The van der Waals surface area contributed by atoms with Crippen LogP contribution < -0.4 is 10.9 Å². The third-order valence-corrected chi connectivity index (χ3v) is 4.23. The molecule has 0 amide bonds. The number of fused-ring (bicyclic) bond motifs is 1. The summed E-state index contributed by atoms with van der Waals surface area (Å²) in [6.07, 6.45) is 3.08. The maximum atomic E-state index is 12.4. The largest absolute Gasteiger partial charge is 0.391 e. The maximum Gasteiger partial charge on any atom is 0.258 e. The molecule has 5 nitrogen and oxygen atoms in total. The van der Waals surface area contributed by atoms with Crippen LogP contribution in [-0.4, -0.2) is 34.1 Å². The lowest BCUT2D eigenvalue weighted by Crippen LogP contribution is -2.46. The minimum absolute atomic E-state index is 0.0455. The summed E-state index contributed by atoms with van der Waals surface area (Å²) < 4.78 is 1.44. The topological polar surface area (TPSA) is 71.3 Å². The summed E-state index contributed by atoms with van der Waals surface area (Å²) in [6, 6.07) is 9.00. The molecular weight excluding hydrogens is 280 g/mol. The van der Waals surface area contributed by atoms with E-state index in [1.165, 1.54) is 4.57 Å². The molecule has 0 radical (unpaired) electrons. The van der Waals surface area contributed by atoms with Crippen molar-refractivity contribution in [2.45, 2.75) is 38.0 Å². The molecule has 1 fully saturated rings. The zero-order valence-corrected chi connectivity index (χ0v) is 12.4. The average Bonchev–Trinajstić information content (AvgIpc) is 2.53. The molecule has 0 saturated carbocycles. The average molecular weight is 300 g/mol. The molecule has 5 heteroatoms. The lowest BCUT2D eigenvalue weighted by Gasteiger charge is -2.28. The Morgan fingerprint density at radius 2 is 2.14 bits per heavy atom. The molecule has 1 aliphatic heterocycles. The van der Waals surface area contributed by atoms with E-state index >= 15 is 0 Å². The van der Waals surface area contributed by atoms with Gasteiger partial charge in [0.05, 0.1) is 12.6 Å². The highest BCUT2D eigenvalue weighted by Crippen LogP contribution is 2.12. The number of nitrogens with zero attached hydrogens (tertiary/aromatic N) is 1. The van der Waals surface area contributed by atoms with Gasteiger partial charge in [0.15, 0.2) is 5.78 Å². The van der Waals surface area contributed by atoms with Gasteiger partial charge in [-0.15, -0.1) is 0 Å². The van der Waals surface area contributed by atoms with Crippen molar-refractivity contribution in [3.63, 3.8) is 0 Å². The molecule has 0 aliphatic carbocycles. The number of carbonyl (C=O) groups excluding carboxylic acids is 1. The third kappa shape index (κ3) is 3.10. The van der Waals surface area contributed by atoms with E-state index < -0.39 is 6.10 Å². The number of carbonyl (C=O) groups is 1. The Bertz CT molecular complexity index is 738. The van der Waals surface area contributed by atoms with Crippen LogP contribution in [0.1, 0.15) is 19.3 Å². The second-order valence-corrected chi connectivity index (χ2v) is 5.85. The lowest BCUT2D eigenvalue weighted by atomic mass is 9.97. The minimum atomic E-state index is -0.481. The van der Waals surface area contributed by atoms with Crippen molar-refractivity contribution >= 4 is 16.6 Å². The van der Waals surface area contributed by atoms with Gasteiger partial charge in [0.25, 0.3) is 5.56 Å². The van der Waals surface area contributed by atoms with Crippen LogP contribution in [0.15, 0.2) is 41.3 Å². The van der Waals surface area contributed by atoms with Crippen LogP contribution in [-0.2, 0) is 11.3 Å². The molecule has 2 heterocycles. The molecule has 0 unspecified atom stereocenters. The monoisotopic (exact) mass is 300 g/mol. The molecule has 1 aromatic carbocycles. The first kappa shape index (κ1) is 14.9. The number of aromatic nitrogens is 1. The molecule has 22 heavy (non-hydrogen) atoms. The van der Waals surface area contributed by atoms with E-state index in [1.54, 1.807) is 12.3 Å². The van der Waals surface area contributed by atoms with Gasteiger partial charge in [0.1, 0.15) is 0 Å². The first-order valence-electron chi connectivity index (χ1n) is 7.66. The van der Waals surface area contributed by atoms with Crippen molar-refractivity contribution in [2.24, 2.45) is 0 Å². The summed E-state index contributed by atoms with van der Waals surface area (Å²) >= 11 is 0. The molecular formula is C17H20N2O3. The highest BCUT2D eigenvalue weighted by Gasteiger charge is 2.24. The van der Waals surface area contributed by atoms with E-state index in [-0.39, 0.29) is 30.3 Å². The van der Waals surface area contributed by atoms with E-state index in [4.69, 9.17) is 0 Å². The molecule has 3 rings (SSSR count). The molecule has 0 bridgehead atoms. The third-order valence-electron chi connectivity index (χ3n) is 4.23. The lowest BCUT2D eigenvalue weighted by molar-refractivity contribution is -0.121. The van der Waals surface area contributed by atoms with Crippen LogP contribution in [0, 0.1) is 0 Å². The van der Waals surface area contributed by atoms with E-state index in [0.29, 0.717) is 5.39 Å². The van der Waals surface area contributed by atoms with Crippen LogP contribution in [0.4, 0.5) is 0 Å². The van der Waals surface area contributed by atoms with Crippen molar-refractivity contribution in [3.05, 3.63) is 46.9 Å². The fraction of sp³-hybridized carbons (Fsp3) is 0.412. The number of aliphatic hydroxyl groups excluding tert-OH is 1. The highest BCUT2D eigenvalue weighted by molar-refractivity contribution is 5.82. The van der Waals surface area contributed by atoms with Crippen LogP contribution in [0.2, 0.25) is 0 Å². The number of pyridine rings is 1. The van der Waals surface area contributed by atoms with Crippen molar-refractivity contribution < 1.29 is 9.90 Å². The molecule has 1 aromatic heterocycles. The fourth-order valence-corrected chi connectivity index (χ4v) is 3.00. The Kier molecular flexibility index (Phi) is 4.36. The number of hydrogen-bond donors (Lipinski definition) is 2. The van der Waals surface area contributed by atoms with E-state index in [1.807, 2.05) is 24.3 Å². The Morgan fingerprint density at radius 1 is 1.32 bits per heavy atom. The maximum absolute atomic E-state index is 12.4. The van der Waals surface area contributed by atoms with Crippen molar-refractivity contribution in [2.75, 3.05) is 6.54 Å². The summed E-state index contributed by atoms with van der Waals surface area (Å²) in [5.41, 5.74) is -0.149. The van der Waals surface area contributed by atoms with Gasteiger partial charge in [-0.25, -0.2) is 0 Å². The molecule has 2 atom stereocenters. The van der Waals surface area contributed by atoms with Crippen LogP contribution >= 0.6 is 0 Å². The number of Topliss-reactive ketones (excluding diaryl/α,β-unsaturated/α-hetero) is 1. The number of benzene rings is 1. The molecule has 2 aromatic rings. The highest BCUT2D eigenvalue weighted by atomic mass is 16.3. The van der Waals surface area contributed by atoms with Gasteiger partial charge >= 0.3 is 0 Å². The second-order valence-electron chi connectivity index (χ2n) is 5.85.